The third-order valence-corrected chi connectivity index (χ3v) is 3.75. The fourth-order valence-electron chi connectivity index (χ4n) is 2.59. The van der Waals surface area contributed by atoms with Gasteiger partial charge in [-0.3, -0.25) is 4.79 Å². The van der Waals surface area contributed by atoms with Crippen molar-refractivity contribution in [3.8, 4) is 0 Å². The minimum absolute atomic E-state index is 0.123. The van der Waals surface area contributed by atoms with Gasteiger partial charge in [-0.15, -0.1) is 0 Å². The summed E-state index contributed by atoms with van der Waals surface area (Å²) in [5.74, 6) is 0.733. The summed E-state index contributed by atoms with van der Waals surface area (Å²) in [4.78, 5) is 12.0. The predicted octanol–water partition coefficient (Wildman–Crippen LogP) is 3.04. The molecule has 1 atom stereocenters. The molecule has 1 unspecified atom stereocenters. The number of hydrogen-bond donors (Lipinski definition) is 1. The second-order valence-electron chi connectivity index (χ2n) is 5.54. The van der Waals surface area contributed by atoms with Gasteiger partial charge in [0.05, 0.1) is 0 Å². The maximum Gasteiger partial charge on any atom is 0.224 e. The van der Waals surface area contributed by atoms with Crippen LogP contribution in [0.5, 0.6) is 0 Å². The average molecular weight is 259 g/mol. The van der Waals surface area contributed by atoms with Crippen molar-refractivity contribution in [1.29, 1.82) is 0 Å². The molecule has 103 valence electrons. The first-order valence-corrected chi connectivity index (χ1v) is 7.15. The van der Waals surface area contributed by atoms with Crippen molar-refractivity contribution in [2.24, 2.45) is 5.92 Å². The Hall–Kier alpha value is -1.35. The third kappa shape index (κ3) is 4.35. The SMILES string of the molecule is Cc1ccc(NC(=O)CCC2CCC[N]C2)c(C)c1. The molecule has 0 aromatic heterocycles. The number of aryl methyl sites for hydroxylation is 2. The van der Waals surface area contributed by atoms with Gasteiger partial charge in [-0.05, 0) is 50.7 Å². The van der Waals surface area contributed by atoms with E-state index in [1.807, 2.05) is 19.1 Å². The van der Waals surface area contributed by atoms with Gasteiger partial charge in [0.1, 0.15) is 0 Å². The van der Waals surface area contributed by atoms with Crippen LogP contribution < -0.4 is 10.6 Å². The molecule has 19 heavy (non-hydrogen) atoms. The number of carbonyl (C=O) groups is 1. The lowest BCUT2D eigenvalue weighted by molar-refractivity contribution is -0.116. The Morgan fingerprint density at radius 3 is 2.95 bits per heavy atom. The molecule has 1 heterocycles. The van der Waals surface area contributed by atoms with E-state index in [1.165, 1.54) is 18.4 Å². The molecule has 1 saturated heterocycles. The van der Waals surface area contributed by atoms with E-state index >= 15 is 0 Å². The summed E-state index contributed by atoms with van der Waals surface area (Å²) in [6, 6.07) is 6.11. The summed E-state index contributed by atoms with van der Waals surface area (Å²) in [7, 11) is 0. The molecule has 0 aliphatic carbocycles. The molecule has 1 aromatic carbocycles. The van der Waals surface area contributed by atoms with E-state index in [4.69, 9.17) is 0 Å². The fraction of sp³-hybridized carbons (Fsp3) is 0.562. The largest absolute Gasteiger partial charge is 0.326 e. The summed E-state index contributed by atoms with van der Waals surface area (Å²) in [6.45, 7) is 6.04. The highest BCUT2D eigenvalue weighted by Gasteiger charge is 2.15. The lowest BCUT2D eigenvalue weighted by Gasteiger charge is -2.21. The maximum atomic E-state index is 12.0. The number of amides is 1. The number of nitrogens with one attached hydrogen (secondary N) is 1. The quantitative estimate of drug-likeness (QED) is 0.887. The van der Waals surface area contributed by atoms with Crippen LogP contribution in [0.25, 0.3) is 0 Å². The molecule has 3 nitrogen and oxygen atoms in total. The molecule has 1 N–H and O–H groups in total. The predicted molar refractivity (Wildman–Crippen MR) is 78.4 cm³/mol. The molecule has 1 aliphatic rings. The molecule has 2 rings (SSSR count). The van der Waals surface area contributed by atoms with Crippen molar-refractivity contribution in [3.05, 3.63) is 29.3 Å². The highest BCUT2D eigenvalue weighted by atomic mass is 16.1. The second kappa shape index (κ2) is 6.71. The van der Waals surface area contributed by atoms with Gasteiger partial charge < -0.3 is 5.32 Å². The summed E-state index contributed by atoms with van der Waals surface area (Å²) in [5, 5.41) is 7.42. The first-order valence-electron chi connectivity index (χ1n) is 7.15. The topological polar surface area (TPSA) is 43.2 Å². The minimum atomic E-state index is 0.123. The van der Waals surface area contributed by atoms with Gasteiger partial charge in [0.2, 0.25) is 5.91 Å². The average Bonchev–Trinajstić information content (AvgIpc) is 2.41. The van der Waals surface area contributed by atoms with Crippen LogP contribution in [0.4, 0.5) is 5.69 Å². The van der Waals surface area contributed by atoms with Crippen molar-refractivity contribution in [2.45, 2.75) is 39.5 Å². The van der Waals surface area contributed by atoms with E-state index in [9.17, 15) is 4.79 Å². The van der Waals surface area contributed by atoms with Crippen LogP contribution in [0.1, 0.15) is 36.8 Å². The van der Waals surface area contributed by atoms with Crippen molar-refractivity contribution in [3.63, 3.8) is 0 Å². The molecule has 1 amide bonds. The molecule has 0 saturated carbocycles. The van der Waals surface area contributed by atoms with Gasteiger partial charge in [0.15, 0.2) is 0 Å². The van der Waals surface area contributed by atoms with E-state index in [2.05, 4.69) is 23.6 Å². The molecular weight excluding hydrogens is 236 g/mol. The van der Waals surface area contributed by atoms with Gasteiger partial charge in [0, 0.05) is 25.2 Å². The number of rotatable bonds is 4. The Morgan fingerprint density at radius 1 is 1.42 bits per heavy atom. The standard InChI is InChI=1S/C16H23N2O/c1-12-5-7-15(13(2)10-12)18-16(19)8-6-14-4-3-9-17-11-14/h5,7,10,14H,3-4,6,8-9,11H2,1-2H3,(H,18,19). The van der Waals surface area contributed by atoms with E-state index in [-0.39, 0.29) is 5.91 Å². The number of piperidine rings is 1. The summed E-state index contributed by atoms with van der Waals surface area (Å²) in [5.41, 5.74) is 3.28. The Labute approximate surface area is 115 Å². The molecule has 1 fully saturated rings. The fourth-order valence-corrected chi connectivity index (χ4v) is 2.59. The number of anilines is 1. The summed E-state index contributed by atoms with van der Waals surface area (Å²) >= 11 is 0. The van der Waals surface area contributed by atoms with E-state index in [0.717, 1.165) is 30.8 Å². The zero-order chi connectivity index (χ0) is 13.7. The van der Waals surface area contributed by atoms with Crippen molar-refractivity contribution < 1.29 is 4.79 Å². The first-order chi connectivity index (χ1) is 9.15. The van der Waals surface area contributed by atoms with Crippen LogP contribution in [-0.4, -0.2) is 19.0 Å². The third-order valence-electron chi connectivity index (χ3n) is 3.75. The molecule has 1 radical (unpaired) electrons. The van der Waals surface area contributed by atoms with Crippen LogP contribution in [0.15, 0.2) is 18.2 Å². The van der Waals surface area contributed by atoms with Crippen molar-refractivity contribution >= 4 is 11.6 Å². The maximum absolute atomic E-state index is 12.0. The van der Waals surface area contributed by atoms with Gasteiger partial charge in [-0.1, -0.05) is 17.7 Å². The van der Waals surface area contributed by atoms with Crippen molar-refractivity contribution in [2.75, 3.05) is 18.4 Å². The smallest absolute Gasteiger partial charge is 0.224 e. The summed E-state index contributed by atoms with van der Waals surface area (Å²) in [6.07, 6.45) is 3.97. The number of hydrogen-bond acceptors (Lipinski definition) is 1. The zero-order valence-electron chi connectivity index (χ0n) is 11.9. The van der Waals surface area contributed by atoms with E-state index in [0.29, 0.717) is 12.3 Å². The molecule has 1 aromatic rings. The van der Waals surface area contributed by atoms with Gasteiger partial charge in [-0.25, -0.2) is 5.32 Å². The zero-order valence-corrected chi connectivity index (χ0v) is 11.9. The number of nitrogens with zero attached hydrogens (tertiary/aromatic N) is 1. The normalized spacial score (nSPS) is 19.2. The monoisotopic (exact) mass is 259 g/mol. The highest BCUT2D eigenvalue weighted by molar-refractivity contribution is 5.91. The molecule has 1 aliphatic heterocycles. The van der Waals surface area contributed by atoms with Gasteiger partial charge >= 0.3 is 0 Å². The second-order valence-corrected chi connectivity index (χ2v) is 5.54. The highest BCUT2D eigenvalue weighted by Crippen LogP contribution is 2.19. The van der Waals surface area contributed by atoms with Crippen molar-refractivity contribution in [1.82, 2.24) is 5.32 Å². The Kier molecular flexibility index (Phi) is 4.97. The van der Waals surface area contributed by atoms with Gasteiger partial charge in [0.25, 0.3) is 0 Å². The Morgan fingerprint density at radius 2 is 2.26 bits per heavy atom. The molecular formula is C16H23N2O. The van der Waals surface area contributed by atoms with E-state index < -0.39 is 0 Å². The van der Waals surface area contributed by atoms with Crippen LogP contribution in [0.3, 0.4) is 0 Å². The Bertz CT molecular complexity index is 436. The lowest BCUT2D eigenvalue weighted by Crippen LogP contribution is -2.25. The Balaban J connectivity index is 1.80. The minimum Gasteiger partial charge on any atom is -0.326 e. The van der Waals surface area contributed by atoms with E-state index in [1.54, 1.807) is 0 Å². The number of benzene rings is 1. The lowest BCUT2D eigenvalue weighted by atomic mass is 9.94. The van der Waals surface area contributed by atoms with Gasteiger partial charge in [-0.2, -0.15) is 0 Å². The van der Waals surface area contributed by atoms with Crippen LogP contribution in [0, 0.1) is 19.8 Å². The number of carbonyl (C=O) groups excluding carboxylic acids is 1. The first kappa shape index (κ1) is 14.1. The molecule has 3 heteroatoms. The molecule has 0 bridgehead atoms. The van der Waals surface area contributed by atoms with Crippen LogP contribution >= 0.6 is 0 Å². The summed E-state index contributed by atoms with van der Waals surface area (Å²) < 4.78 is 0. The van der Waals surface area contributed by atoms with Crippen LogP contribution in [-0.2, 0) is 4.79 Å². The van der Waals surface area contributed by atoms with Crippen LogP contribution in [0.2, 0.25) is 0 Å². The molecule has 0 spiro atoms.